The molecule has 0 amide bonds. The SMILES string of the molecule is CCc1cc2c(F)c(C)cc(F)c2nc1NC. The Balaban J connectivity index is 2.87. The summed E-state index contributed by atoms with van der Waals surface area (Å²) < 4.78 is 27.6. The van der Waals surface area contributed by atoms with Gasteiger partial charge in [0.25, 0.3) is 0 Å². The minimum Gasteiger partial charge on any atom is -0.373 e. The minimum absolute atomic E-state index is 0.0784. The molecule has 0 fully saturated rings. The molecule has 1 heterocycles. The fraction of sp³-hybridized carbons (Fsp3) is 0.308. The van der Waals surface area contributed by atoms with Gasteiger partial charge in [-0.15, -0.1) is 0 Å². The Labute approximate surface area is 98.7 Å². The molecule has 1 aromatic carbocycles. The largest absolute Gasteiger partial charge is 0.373 e. The van der Waals surface area contributed by atoms with E-state index in [4.69, 9.17) is 0 Å². The van der Waals surface area contributed by atoms with Crippen LogP contribution in [-0.2, 0) is 6.42 Å². The Kier molecular flexibility index (Phi) is 2.96. The number of hydrogen-bond donors (Lipinski definition) is 1. The van der Waals surface area contributed by atoms with Crippen LogP contribution in [0.1, 0.15) is 18.1 Å². The first-order valence-electron chi connectivity index (χ1n) is 5.54. The van der Waals surface area contributed by atoms with Crippen molar-refractivity contribution in [2.45, 2.75) is 20.3 Å². The molecule has 0 atom stereocenters. The number of anilines is 1. The van der Waals surface area contributed by atoms with Crippen LogP contribution in [0, 0.1) is 18.6 Å². The quantitative estimate of drug-likeness (QED) is 0.864. The number of fused-ring (bicyclic) bond motifs is 1. The molecular weight excluding hydrogens is 222 g/mol. The molecule has 0 spiro atoms. The van der Waals surface area contributed by atoms with E-state index in [0.717, 1.165) is 5.56 Å². The fourth-order valence-corrected chi connectivity index (χ4v) is 1.92. The summed E-state index contributed by atoms with van der Waals surface area (Å²) in [6, 6.07) is 2.84. The Hall–Kier alpha value is -1.71. The average molecular weight is 236 g/mol. The zero-order valence-electron chi connectivity index (χ0n) is 10.1. The third-order valence-corrected chi connectivity index (χ3v) is 2.87. The molecule has 0 aliphatic heterocycles. The molecule has 0 aliphatic rings. The zero-order valence-corrected chi connectivity index (χ0v) is 10.1. The molecule has 0 aliphatic carbocycles. The monoisotopic (exact) mass is 236 g/mol. The van der Waals surface area contributed by atoms with Crippen LogP contribution in [0.15, 0.2) is 12.1 Å². The normalized spacial score (nSPS) is 10.9. The second-order valence-corrected chi connectivity index (χ2v) is 3.99. The molecule has 90 valence electrons. The molecule has 0 saturated carbocycles. The first-order valence-corrected chi connectivity index (χ1v) is 5.54. The van der Waals surface area contributed by atoms with Crippen molar-refractivity contribution in [2.75, 3.05) is 12.4 Å². The van der Waals surface area contributed by atoms with Crippen LogP contribution in [0.5, 0.6) is 0 Å². The van der Waals surface area contributed by atoms with Crippen molar-refractivity contribution in [3.8, 4) is 0 Å². The fourth-order valence-electron chi connectivity index (χ4n) is 1.92. The Morgan fingerprint density at radius 3 is 2.59 bits per heavy atom. The molecule has 0 radical (unpaired) electrons. The molecule has 17 heavy (non-hydrogen) atoms. The van der Waals surface area contributed by atoms with Crippen LogP contribution < -0.4 is 5.32 Å². The van der Waals surface area contributed by atoms with Crippen molar-refractivity contribution in [1.82, 2.24) is 4.98 Å². The van der Waals surface area contributed by atoms with Crippen molar-refractivity contribution < 1.29 is 8.78 Å². The Morgan fingerprint density at radius 1 is 1.29 bits per heavy atom. The summed E-state index contributed by atoms with van der Waals surface area (Å²) in [6.45, 7) is 3.50. The zero-order chi connectivity index (χ0) is 12.6. The van der Waals surface area contributed by atoms with E-state index in [1.165, 1.54) is 6.07 Å². The van der Waals surface area contributed by atoms with Crippen molar-refractivity contribution in [3.05, 3.63) is 34.9 Å². The highest BCUT2D eigenvalue weighted by Gasteiger charge is 2.13. The summed E-state index contributed by atoms with van der Waals surface area (Å²) in [7, 11) is 1.72. The third-order valence-electron chi connectivity index (χ3n) is 2.87. The molecule has 2 rings (SSSR count). The van der Waals surface area contributed by atoms with Gasteiger partial charge in [-0.2, -0.15) is 0 Å². The van der Waals surface area contributed by atoms with Gasteiger partial charge in [0.1, 0.15) is 23.0 Å². The molecular formula is C13H14F2N2. The van der Waals surface area contributed by atoms with Crippen molar-refractivity contribution in [3.63, 3.8) is 0 Å². The van der Waals surface area contributed by atoms with Crippen LogP contribution in [0.4, 0.5) is 14.6 Å². The van der Waals surface area contributed by atoms with Gasteiger partial charge in [0, 0.05) is 12.4 Å². The van der Waals surface area contributed by atoms with E-state index in [0.29, 0.717) is 17.8 Å². The second-order valence-electron chi connectivity index (χ2n) is 3.99. The molecule has 4 heteroatoms. The summed E-state index contributed by atoms with van der Waals surface area (Å²) in [6.07, 6.45) is 0.716. The van der Waals surface area contributed by atoms with E-state index < -0.39 is 11.6 Å². The summed E-state index contributed by atoms with van der Waals surface area (Å²) in [4.78, 5) is 4.14. The smallest absolute Gasteiger partial charge is 0.149 e. The van der Waals surface area contributed by atoms with Gasteiger partial charge >= 0.3 is 0 Å². The number of aromatic nitrogens is 1. The van der Waals surface area contributed by atoms with Crippen molar-refractivity contribution >= 4 is 16.7 Å². The van der Waals surface area contributed by atoms with Gasteiger partial charge in [-0.25, -0.2) is 13.8 Å². The van der Waals surface area contributed by atoms with Gasteiger partial charge in [-0.05, 0) is 36.6 Å². The lowest BCUT2D eigenvalue weighted by Crippen LogP contribution is -2.01. The third kappa shape index (κ3) is 1.84. The van der Waals surface area contributed by atoms with Crippen molar-refractivity contribution in [1.29, 1.82) is 0 Å². The summed E-state index contributed by atoms with van der Waals surface area (Å²) >= 11 is 0. The number of rotatable bonds is 2. The molecule has 0 saturated heterocycles. The van der Waals surface area contributed by atoms with Gasteiger partial charge in [-0.3, -0.25) is 0 Å². The van der Waals surface area contributed by atoms with Crippen LogP contribution in [0.25, 0.3) is 10.9 Å². The summed E-state index contributed by atoms with van der Waals surface area (Å²) in [5.74, 6) is -0.286. The lowest BCUT2D eigenvalue weighted by molar-refractivity contribution is 0.607. The predicted molar refractivity (Wildman–Crippen MR) is 65.3 cm³/mol. The van der Waals surface area contributed by atoms with Gasteiger partial charge < -0.3 is 5.32 Å². The van der Waals surface area contributed by atoms with Crippen molar-refractivity contribution in [2.24, 2.45) is 0 Å². The van der Waals surface area contributed by atoms with Gasteiger partial charge in [0.05, 0.1) is 0 Å². The van der Waals surface area contributed by atoms with E-state index in [1.54, 1.807) is 20.0 Å². The van der Waals surface area contributed by atoms with E-state index in [-0.39, 0.29) is 10.9 Å². The molecule has 2 aromatic rings. The van der Waals surface area contributed by atoms with Gasteiger partial charge in [0.2, 0.25) is 0 Å². The highest BCUT2D eigenvalue weighted by Crippen LogP contribution is 2.27. The first-order chi connectivity index (χ1) is 8.08. The van der Waals surface area contributed by atoms with Crippen LogP contribution in [-0.4, -0.2) is 12.0 Å². The highest BCUT2D eigenvalue weighted by molar-refractivity contribution is 5.83. The number of hydrogen-bond acceptors (Lipinski definition) is 2. The average Bonchev–Trinajstić information content (AvgIpc) is 2.34. The van der Waals surface area contributed by atoms with Crippen LogP contribution in [0.2, 0.25) is 0 Å². The lowest BCUT2D eigenvalue weighted by atomic mass is 10.1. The van der Waals surface area contributed by atoms with Crippen LogP contribution >= 0.6 is 0 Å². The number of nitrogens with zero attached hydrogens (tertiary/aromatic N) is 1. The van der Waals surface area contributed by atoms with E-state index >= 15 is 0 Å². The Morgan fingerprint density at radius 2 is 2.00 bits per heavy atom. The Bertz CT molecular complexity index is 579. The minimum atomic E-state index is -0.488. The van der Waals surface area contributed by atoms with E-state index in [1.807, 2.05) is 6.92 Å². The van der Waals surface area contributed by atoms with E-state index in [2.05, 4.69) is 10.3 Å². The number of nitrogens with one attached hydrogen (secondary N) is 1. The molecule has 0 bridgehead atoms. The molecule has 1 aromatic heterocycles. The van der Waals surface area contributed by atoms with E-state index in [9.17, 15) is 8.78 Å². The maximum absolute atomic E-state index is 13.9. The molecule has 1 N–H and O–H groups in total. The topological polar surface area (TPSA) is 24.9 Å². The summed E-state index contributed by atoms with van der Waals surface area (Å²) in [5.41, 5.74) is 1.26. The second kappa shape index (κ2) is 4.28. The molecule has 0 unspecified atom stereocenters. The lowest BCUT2D eigenvalue weighted by Gasteiger charge is -2.10. The first kappa shape index (κ1) is 11.8. The van der Waals surface area contributed by atoms with Crippen LogP contribution in [0.3, 0.4) is 0 Å². The number of pyridine rings is 1. The maximum Gasteiger partial charge on any atom is 0.149 e. The number of benzene rings is 1. The van der Waals surface area contributed by atoms with Gasteiger partial charge in [-0.1, -0.05) is 6.92 Å². The maximum atomic E-state index is 13.9. The highest BCUT2D eigenvalue weighted by atomic mass is 19.1. The summed E-state index contributed by atoms with van der Waals surface area (Å²) in [5, 5.41) is 3.15. The predicted octanol–water partition coefficient (Wildman–Crippen LogP) is 3.43. The standard InChI is InChI=1S/C13H14F2N2/c1-4-8-6-9-11(15)7(2)5-10(14)12(9)17-13(8)16-3/h5-6H,4H2,1-3H3,(H,16,17). The number of aryl methyl sites for hydroxylation is 2. The number of halogens is 2. The molecule has 2 nitrogen and oxygen atoms in total. The van der Waals surface area contributed by atoms with Gasteiger partial charge in [0.15, 0.2) is 0 Å².